The van der Waals surface area contributed by atoms with E-state index in [1.54, 1.807) is 19.9 Å². The van der Waals surface area contributed by atoms with E-state index in [4.69, 9.17) is 15.4 Å². The van der Waals surface area contributed by atoms with E-state index in [9.17, 15) is 4.79 Å². The number of rotatable bonds is 5. The van der Waals surface area contributed by atoms with Crippen LogP contribution in [0.5, 0.6) is 0 Å². The molecule has 6 heteroatoms. The number of carbonyl (C=O) groups excluding carboxylic acids is 1. The molecule has 0 aliphatic rings. The number of hydrogen-bond acceptors (Lipinski definition) is 4. The molecule has 1 unspecified atom stereocenters. The van der Waals surface area contributed by atoms with Crippen LogP contribution in [-0.4, -0.2) is 23.0 Å². The van der Waals surface area contributed by atoms with E-state index >= 15 is 0 Å². The molecule has 1 aromatic rings. The Labute approximate surface area is 106 Å². The van der Waals surface area contributed by atoms with Gasteiger partial charge in [-0.15, -0.1) is 0 Å². The molecule has 1 amide bonds. The number of amides is 1. The predicted octanol–water partition coefficient (Wildman–Crippen LogP) is 1.54. The third-order valence-corrected chi connectivity index (χ3v) is 2.70. The van der Waals surface area contributed by atoms with Gasteiger partial charge in [0, 0.05) is 12.5 Å². The van der Waals surface area contributed by atoms with Crippen molar-refractivity contribution in [1.29, 1.82) is 0 Å². The van der Waals surface area contributed by atoms with Crippen LogP contribution in [0.2, 0.25) is 0 Å². The maximum absolute atomic E-state index is 12.0. The molecular formula is C12H19N3O3. The van der Waals surface area contributed by atoms with Crippen molar-refractivity contribution in [1.82, 2.24) is 5.32 Å². The van der Waals surface area contributed by atoms with Crippen LogP contribution in [-0.2, 0) is 0 Å². The first-order chi connectivity index (χ1) is 8.47. The summed E-state index contributed by atoms with van der Waals surface area (Å²) in [7, 11) is 0. The minimum atomic E-state index is -0.207. The average Bonchev–Trinajstić information content (AvgIpc) is 2.67. The summed E-state index contributed by atoms with van der Waals surface area (Å²) in [6, 6.07) is 1.53. The molecule has 0 saturated heterocycles. The van der Waals surface area contributed by atoms with Gasteiger partial charge in [0.05, 0.1) is 5.56 Å². The van der Waals surface area contributed by atoms with Crippen molar-refractivity contribution in [2.75, 3.05) is 0 Å². The van der Waals surface area contributed by atoms with Crippen LogP contribution in [0.4, 0.5) is 0 Å². The average molecular weight is 253 g/mol. The summed E-state index contributed by atoms with van der Waals surface area (Å²) in [6.45, 7) is 5.45. The second kappa shape index (κ2) is 6.09. The van der Waals surface area contributed by atoms with Crippen molar-refractivity contribution in [3.05, 3.63) is 23.2 Å². The van der Waals surface area contributed by atoms with E-state index in [0.29, 0.717) is 29.9 Å². The van der Waals surface area contributed by atoms with Crippen LogP contribution in [0.25, 0.3) is 0 Å². The van der Waals surface area contributed by atoms with Gasteiger partial charge >= 0.3 is 0 Å². The predicted molar refractivity (Wildman–Crippen MR) is 67.8 cm³/mol. The molecule has 100 valence electrons. The van der Waals surface area contributed by atoms with Gasteiger partial charge in [-0.2, -0.15) is 0 Å². The van der Waals surface area contributed by atoms with Crippen LogP contribution >= 0.6 is 0 Å². The zero-order valence-corrected chi connectivity index (χ0v) is 10.9. The molecule has 0 aliphatic heterocycles. The maximum Gasteiger partial charge on any atom is 0.255 e. The zero-order chi connectivity index (χ0) is 13.7. The third kappa shape index (κ3) is 3.51. The quantitative estimate of drug-likeness (QED) is 0.320. The summed E-state index contributed by atoms with van der Waals surface area (Å²) in [5.74, 6) is 1.18. The van der Waals surface area contributed by atoms with E-state index in [1.165, 1.54) is 0 Å². The van der Waals surface area contributed by atoms with Crippen LogP contribution in [0.3, 0.4) is 0 Å². The van der Waals surface area contributed by atoms with E-state index in [-0.39, 0.29) is 17.8 Å². The SMILES string of the molecule is CCC(CC(N)=NO)NC(=O)c1cc(C)oc1C. The Hall–Kier alpha value is -1.98. The highest BCUT2D eigenvalue weighted by Gasteiger charge is 2.17. The number of hydrogen-bond donors (Lipinski definition) is 3. The number of carbonyl (C=O) groups is 1. The summed E-state index contributed by atoms with van der Waals surface area (Å²) in [6.07, 6.45) is 1.01. The summed E-state index contributed by atoms with van der Waals surface area (Å²) < 4.78 is 5.30. The molecule has 0 aromatic carbocycles. The van der Waals surface area contributed by atoms with Crippen LogP contribution in [0.15, 0.2) is 15.6 Å². The van der Waals surface area contributed by atoms with Gasteiger partial charge in [-0.25, -0.2) is 0 Å². The van der Waals surface area contributed by atoms with Gasteiger partial charge in [-0.05, 0) is 26.3 Å². The summed E-state index contributed by atoms with van der Waals surface area (Å²) >= 11 is 0. The Balaban J connectivity index is 2.71. The molecule has 1 rings (SSSR count). The fourth-order valence-corrected chi connectivity index (χ4v) is 1.71. The minimum absolute atomic E-state index is 0.0993. The van der Waals surface area contributed by atoms with Crippen LogP contribution < -0.4 is 11.1 Å². The lowest BCUT2D eigenvalue weighted by Crippen LogP contribution is -2.37. The van der Waals surface area contributed by atoms with Gasteiger partial charge in [0.1, 0.15) is 17.4 Å². The van der Waals surface area contributed by atoms with Gasteiger partial charge < -0.3 is 20.7 Å². The first kappa shape index (κ1) is 14.1. The molecule has 0 radical (unpaired) electrons. The highest BCUT2D eigenvalue weighted by molar-refractivity contribution is 5.95. The number of nitrogens with one attached hydrogen (secondary N) is 1. The smallest absolute Gasteiger partial charge is 0.255 e. The number of aryl methyl sites for hydroxylation is 2. The number of oxime groups is 1. The Kier molecular flexibility index (Phi) is 4.76. The second-order valence-corrected chi connectivity index (χ2v) is 4.20. The largest absolute Gasteiger partial charge is 0.466 e. The summed E-state index contributed by atoms with van der Waals surface area (Å²) in [4.78, 5) is 12.0. The monoisotopic (exact) mass is 253 g/mol. The van der Waals surface area contributed by atoms with E-state index in [0.717, 1.165) is 0 Å². The fraction of sp³-hybridized carbons (Fsp3) is 0.500. The molecule has 1 heterocycles. The fourth-order valence-electron chi connectivity index (χ4n) is 1.71. The van der Waals surface area contributed by atoms with Gasteiger partial charge in [0.2, 0.25) is 0 Å². The van der Waals surface area contributed by atoms with Crippen molar-refractivity contribution in [3.8, 4) is 0 Å². The Morgan fingerprint density at radius 3 is 2.72 bits per heavy atom. The second-order valence-electron chi connectivity index (χ2n) is 4.20. The van der Waals surface area contributed by atoms with Gasteiger partial charge in [-0.1, -0.05) is 12.1 Å². The highest BCUT2D eigenvalue weighted by Crippen LogP contribution is 2.14. The minimum Gasteiger partial charge on any atom is -0.466 e. The van der Waals surface area contributed by atoms with Crippen molar-refractivity contribution in [3.63, 3.8) is 0 Å². The lowest BCUT2D eigenvalue weighted by atomic mass is 10.1. The molecule has 6 nitrogen and oxygen atoms in total. The molecule has 0 saturated carbocycles. The van der Waals surface area contributed by atoms with E-state index < -0.39 is 0 Å². The summed E-state index contributed by atoms with van der Waals surface area (Å²) in [5.41, 5.74) is 5.95. The number of amidine groups is 1. The Morgan fingerprint density at radius 1 is 1.61 bits per heavy atom. The Bertz CT molecular complexity index is 451. The highest BCUT2D eigenvalue weighted by atomic mass is 16.4. The van der Waals surface area contributed by atoms with Crippen LogP contribution in [0.1, 0.15) is 41.6 Å². The molecule has 0 aliphatic carbocycles. The lowest BCUT2D eigenvalue weighted by Gasteiger charge is -2.15. The van der Waals surface area contributed by atoms with Gasteiger partial charge in [0.25, 0.3) is 5.91 Å². The Morgan fingerprint density at radius 2 is 2.28 bits per heavy atom. The van der Waals surface area contributed by atoms with Crippen molar-refractivity contribution < 1.29 is 14.4 Å². The van der Waals surface area contributed by atoms with Gasteiger partial charge in [-0.3, -0.25) is 4.79 Å². The topological polar surface area (TPSA) is 101 Å². The van der Waals surface area contributed by atoms with Crippen molar-refractivity contribution >= 4 is 11.7 Å². The van der Waals surface area contributed by atoms with Gasteiger partial charge in [0.15, 0.2) is 0 Å². The summed E-state index contributed by atoms with van der Waals surface area (Å²) in [5, 5.41) is 14.2. The number of nitrogens with two attached hydrogens (primary N) is 1. The zero-order valence-electron chi connectivity index (χ0n) is 10.9. The first-order valence-corrected chi connectivity index (χ1v) is 5.82. The first-order valence-electron chi connectivity index (χ1n) is 5.82. The molecular weight excluding hydrogens is 234 g/mol. The maximum atomic E-state index is 12.0. The molecule has 4 N–H and O–H groups in total. The molecule has 1 aromatic heterocycles. The molecule has 0 spiro atoms. The third-order valence-electron chi connectivity index (χ3n) is 2.70. The molecule has 0 bridgehead atoms. The van der Waals surface area contributed by atoms with E-state index in [1.807, 2.05) is 6.92 Å². The van der Waals surface area contributed by atoms with E-state index in [2.05, 4.69) is 10.5 Å². The van der Waals surface area contributed by atoms with Crippen molar-refractivity contribution in [2.45, 2.75) is 39.7 Å². The number of nitrogens with zero attached hydrogens (tertiary/aromatic N) is 1. The van der Waals surface area contributed by atoms with Crippen LogP contribution in [0, 0.1) is 13.8 Å². The normalized spacial score (nSPS) is 13.4. The standard InChI is InChI=1S/C12H19N3O3/c1-4-9(6-11(13)15-17)14-12(16)10-5-7(2)18-8(10)3/h5,9,17H,4,6H2,1-3H3,(H2,13,15)(H,14,16). The molecule has 1 atom stereocenters. The molecule has 0 fully saturated rings. The van der Waals surface area contributed by atoms with Crippen molar-refractivity contribution in [2.24, 2.45) is 10.9 Å². The molecule has 18 heavy (non-hydrogen) atoms. The number of furan rings is 1. The lowest BCUT2D eigenvalue weighted by molar-refractivity contribution is 0.0935.